The van der Waals surface area contributed by atoms with E-state index in [-0.39, 0.29) is 13.0 Å². The van der Waals surface area contributed by atoms with Crippen LogP contribution in [0, 0.1) is 0 Å². The van der Waals surface area contributed by atoms with E-state index >= 15 is 0 Å². The second-order valence-electron chi connectivity index (χ2n) is 2.96. The second-order valence-corrected chi connectivity index (χ2v) is 2.96. The van der Waals surface area contributed by atoms with Gasteiger partial charge >= 0.3 is 11.9 Å². The van der Waals surface area contributed by atoms with Gasteiger partial charge in [-0.1, -0.05) is 0 Å². The summed E-state index contributed by atoms with van der Waals surface area (Å²) in [5.74, 6) is -6.59. The zero-order chi connectivity index (χ0) is 11.4. The Morgan fingerprint density at radius 2 is 2.00 bits per heavy atom. The molecule has 0 aliphatic carbocycles. The van der Waals surface area contributed by atoms with Crippen LogP contribution < -0.4 is 5.73 Å². The fourth-order valence-corrected chi connectivity index (χ4v) is 0.787. The molecular weight excluding hydrogens is 198 g/mol. The van der Waals surface area contributed by atoms with Crippen molar-refractivity contribution < 1.29 is 23.5 Å². The largest absolute Gasteiger partial charge is 0.477 e. The molecule has 0 unspecified atom stereocenters. The summed E-state index contributed by atoms with van der Waals surface area (Å²) < 4.78 is 25.1. The summed E-state index contributed by atoms with van der Waals surface area (Å²) in [7, 11) is 1.29. The van der Waals surface area contributed by atoms with Crippen molar-refractivity contribution in [2.24, 2.45) is 5.73 Å². The van der Waals surface area contributed by atoms with Crippen molar-refractivity contribution >= 4 is 11.9 Å². The molecule has 0 aromatic heterocycles. The lowest BCUT2D eigenvalue weighted by molar-refractivity contribution is -0.166. The number of primary amides is 1. The van der Waals surface area contributed by atoms with Gasteiger partial charge in [-0.05, 0) is 7.05 Å². The highest BCUT2D eigenvalue weighted by Gasteiger charge is 2.39. The molecule has 14 heavy (non-hydrogen) atoms. The number of halogens is 2. The number of hydrogen-bond acceptors (Lipinski definition) is 3. The number of nitrogens with zero attached hydrogens (tertiary/aromatic N) is 1. The van der Waals surface area contributed by atoms with Gasteiger partial charge in [0.1, 0.15) is 0 Å². The predicted octanol–water partition coefficient (Wildman–Crippen LogP) is -0.486. The molecule has 5 nitrogen and oxygen atoms in total. The minimum atomic E-state index is -3.80. The number of alkyl halides is 2. The van der Waals surface area contributed by atoms with E-state index < -0.39 is 24.3 Å². The van der Waals surface area contributed by atoms with Crippen LogP contribution in [-0.4, -0.2) is 47.9 Å². The van der Waals surface area contributed by atoms with Crippen LogP contribution in [0.4, 0.5) is 8.78 Å². The highest BCUT2D eigenvalue weighted by Crippen LogP contribution is 2.14. The molecule has 0 aliphatic heterocycles. The van der Waals surface area contributed by atoms with E-state index in [1.807, 2.05) is 0 Å². The van der Waals surface area contributed by atoms with Crippen molar-refractivity contribution in [3.05, 3.63) is 0 Å². The van der Waals surface area contributed by atoms with E-state index in [9.17, 15) is 18.4 Å². The van der Waals surface area contributed by atoms with Crippen molar-refractivity contribution in [3.63, 3.8) is 0 Å². The summed E-state index contributed by atoms with van der Waals surface area (Å²) in [5, 5.41) is 8.10. The lowest BCUT2D eigenvalue weighted by Gasteiger charge is -2.19. The van der Waals surface area contributed by atoms with Crippen LogP contribution in [-0.2, 0) is 9.59 Å². The molecule has 1 amide bonds. The Hall–Kier alpha value is -1.24. The van der Waals surface area contributed by atoms with Crippen molar-refractivity contribution in [1.29, 1.82) is 0 Å². The molecule has 0 bridgehead atoms. The summed E-state index contributed by atoms with van der Waals surface area (Å²) in [6.07, 6.45) is -0.0772. The first-order valence-corrected chi connectivity index (χ1v) is 3.84. The minimum absolute atomic E-state index is 0.0121. The van der Waals surface area contributed by atoms with Crippen molar-refractivity contribution in [3.8, 4) is 0 Å². The summed E-state index contributed by atoms with van der Waals surface area (Å²) in [6.45, 7) is -0.923. The van der Waals surface area contributed by atoms with Crippen LogP contribution in [0.2, 0.25) is 0 Å². The molecule has 7 heteroatoms. The maximum Gasteiger partial charge on any atom is 0.375 e. The first kappa shape index (κ1) is 12.8. The number of amides is 1. The zero-order valence-electron chi connectivity index (χ0n) is 7.67. The van der Waals surface area contributed by atoms with Crippen LogP contribution in [0.5, 0.6) is 0 Å². The van der Waals surface area contributed by atoms with E-state index in [1.165, 1.54) is 7.05 Å². The van der Waals surface area contributed by atoms with Gasteiger partial charge in [-0.2, -0.15) is 8.78 Å². The molecule has 0 spiro atoms. The van der Waals surface area contributed by atoms with Gasteiger partial charge in [-0.3, -0.25) is 9.69 Å². The quantitative estimate of drug-likeness (QED) is 0.619. The lowest BCUT2D eigenvalue weighted by Crippen LogP contribution is -2.41. The number of nitrogens with two attached hydrogens (primary N) is 1. The van der Waals surface area contributed by atoms with Gasteiger partial charge in [0.25, 0.3) is 0 Å². The number of carbonyl (C=O) groups excluding carboxylic acids is 1. The normalized spacial score (nSPS) is 11.7. The Kier molecular flexibility index (Phi) is 4.42. The maximum atomic E-state index is 12.6. The zero-order valence-corrected chi connectivity index (χ0v) is 7.67. The molecule has 0 fully saturated rings. The van der Waals surface area contributed by atoms with E-state index in [0.29, 0.717) is 0 Å². The Labute approximate surface area is 79.5 Å². The minimum Gasteiger partial charge on any atom is -0.477 e. The highest BCUT2D eigenvalue weighted by atomic mass is 19.3. The van der Waals surface area contributed by atoms with Gasteiger partial charge in [-0.25, -0.2) is 4.79 Å². The number of carboxylic acid groups (broad SMARTS) is 1. The average molecular weight is 210 g/mol. The van der Waals surface area contributed by atoms with Crippen molar-refractivity contribution in [2.45, 2.75) is 12.3 Å². The first-order valence-electron chi connectivity index (χ1n) is 3.84. The Balaban J connectivity index is 3.99. The van der Waals surface area contributed by atoms with Crippen LogP contribution in [0.25, 0.3) is 0 Å². The fourth-order valence-electron chi connectivity index (χ4n) is 0.787. The molecule has 3 N–H and O–H groups in total. The predicted molar refractivity (Wildman–Crippen MR) is 43.9 cm³/mol. The molecule has 0 atom stereocenters. The number of rotatable bonds is 6. The molecular formula is C7H12F2N2O3. The van der Waals surface area contributed by atoms with Gasteiger partial charge in [0, 0.05) is 13.0 Å². The monoisotopic (exact) mass is 210 g/mol. The molecule has 0 aliphatic rings. The summed E-state index contributed by atoms with van der Waals surface area (Å²) >= 11 is 0. The molecule has 0 rings (SSSR count). The number of aliphatic carboxylic acids is 1. The average Bonchev–Trinajstić information content (AvgIpc) is 1.99. The number of carbonyl (C=O) groups is 2. The lowest BCUT2D eigenvalue weighted by atomic mass is 10.3. The van der Waals surface area contributed by atoms with Crippen LogP contribution in [0.15, 0.2) is 0 Å². The third-order valence-corrected chi connectivity index (χ3v) is 1.52. The van der Waals surface area contributed by atoms with Crippen LogP contribution in [0.3, 0.4) is 0 Å². The van der Waals surface area contributed by atoms with E-state index in [0.717, 1.165) is 4.90 Å². The Morgan fingerprint density at radius 1 is 1.50 bits per heavy atom. The van der Waals surface area contributed by atoms with Crippen LogP contribution in [0.1, 0.15) is 6.42 Å². The van der Waals surface area contributed by atoms with Crippen molar-refractivity contribution in [1.82, 2.24) is 4.90 Å². The van der Waals surface area contributed by atoms with Gasteiger partial charge in [0.2, 0.25) is 5.91 Å². The van der Waals surface area contributed by atoms with E-state index in [4.69, 9.17) is 10.8 Å². The molecule has 0 aromatic rings. The fraction of sp³-hybridized carbons (Fsp3) is 0.714. The molecule has 0 saturated carbocycles. The second kappa shape index (κ2) is 4.85. The molecule has 82 valence electrons. The summed E-state index contributed by atoms with van der Waals surface area (Å²) in [5.41, 5.74) is 4.79. The molecule has 0 saturated heterocycles. The molecule has 0 radical (unpaired) electrons. The Bertz CT molecular complexity index is 233. The number of hydrogen-bond donors (Lipinski definition) is 2. The molecule has 0 heterocycles. The summed E-state index contributed by atoms with van der Waals surface area (Å²) in [6, 6.07) is 0. The third-order valence-electron chi connectivity index (χ3n) is 1.52. The van der Waals surface area contributed by atoms with Crippen LogP contribution >= 0.6 is 0 Å². The van der Waals surface area contributed by atoms with E-state index in [1.54, 1.807) is 0 Å². The number of carboxylic acids is 1. The SMILES string of the molecule is CN(CCC(N)=O)CC(F)(F)C(=O)O. The summed E-state index contributed by atoms with van der Waals surface area (Å²) in [4.78, 5) is 21.4. The first-order chi connectivity index (χ1) is 6.25. The molecule has 0 aromatic carbocycles. The van der Waals surface area contributed by atoms with Gasteiger partial charge in [0.15, 0.2) is 0 Å². The third kappa shape index (κ3) is 4.70. The van der Waals surface area contributed by atoms with E-state index in [2.05, 4.69) is 0 Å². The van der Waals surface area contributed by atoms with Crippen molar-refractivity contribution in [2.75, 3.05) is 20.1 Å². The van der Waals surface area contributed by atoms with Gasteiger partial charge in [0.05, 0.1) is 6.54 Å². The highest BCUT2D eigenvalue weighted by molar-refractivity contribution is 5.75. The topological polar surface area (TPSA) is 83.6 Å². The standard InChI is InChI=1S/C7H12F2N2O3/c1-11(3-2-5(10)12)4-7(8,9)6(13)14/h2-4H2,1H3,(H2,10,12)(H,13,14). The maximum absolute atomic E-state index is 12.6. The van der Waals surface area contributed by atoms with Gasteiger partial charge < -0.3 is 10.8 Å². The Morgan fingerprint density at radius 3 is 2.36 bits per heavy atom. The van der Waals surface area contributed by atoms with Gasteiger partial charge in [-0.15, -0.1) is 0 Å². The smallest absolute Gasteiger partial charge is 0.375 e.